The van der Waals surface area contributed by atoms with Gasteiger partial charge in [-0.15, -0.1) is 0 Å². The van der Waals surface area contributed by atoms with E-state index in [4.69, 9.17) is 5.11 Å². The summed E-state index contributed by atoms with van der Waals surface area (Å²) >= 11 is 0. The van der Waals surface area contributed by atoms with E-state index < -0.39 is 24.9 Å². The van der Waals surface area contributed by atoms with E-state index in [9.17, 15) is 18.0 Å². The fraction of sp³-hybridized carbons (Fsp3) is 0.588. The molecular formula is C17H21F3N2O2. The fourth-order valence-corrected chi connectivity index (χ4v) is 3.82. The molecule has 24 heavy (non-hydrogen) atoms. The number of benzene rings is 1. The van der Waals surface area contributed by atoms with Gasteiger partial charge in [-0.3, -0.25) is 0 Å². The Hall–Kier alpha value is -1.76. The molecule has 0 saturated heterocycles. The van der Waals surface area contributed by atoms with Gasteiger partial charge in [0.2, 0.25) is 0 Å². The van der Waals surface area contributed by atoms with Crippen LogP contribution in [0.1, 0.15) is 47.9 Å². The van der Waals surface area contributed by atoms with Crippen molar-refractivity contribution >= 4 is 6.03 Å². The number of amides is 2. The van der Waals surface area contributed by atoms with Crippen molar-refractivity contribution in [2.45, 2.75) is 49.9 Å². The maximum Gasteiger partial charge on any atom is 0.416 e. The Bertz CT molecular complexity index is 633. The predicted molar refractivity (Wildman–Crippen MR) is 82.7 cm³/mol. The Morgan fingerprint density at radius 1 is 1.46 bits per heavy atom. The van der Waals surface area contributed by atoms with Crippen molar-refractivity contribution in [2.24, 2.45) is 0 Å². The van der Waals surface area contributed by atoms with Gasteiger partial charge in [-0.25, -0.2) is 4.79 Å². The van der Waals surface area contributed by atoms with Crippen LogP contribution in [0.5, 0.6) is 0 Å². The molecule has 0 fully saturated rings. The highest BCUT2D eigenvalue weighted by molar-refractivity contribution is 5.75. The number of carbonyl (C=O) groups is 1. The lowest BCUT2D eigenvalue weighted by Crippen LogP contribution is -2.46. The maximum absolute atomic E-state index is 12.4. The van der Waals surface area contributed by atoms with Gasteiger partial charge in [0.1, 0.15) is 0 Å². The average molecular weight is 342 g/mol. The highest BCUT2D eigenvalue weighted by Gasteiger charge is 2.40. The lowest BCUT2D eigenvalue weighted by atomic mass is 9.84. The molecule has 2 N–H and O–H groups in total. The van der Waals surface area contributed by atoms with Gasteiger partial charge >= 0.3 is 12.2 Å². The van der Waals surface area contributed by atoms with Crippen LogP contribution in [-0.2, 0) is 6.42 Å². The number of urea groups is 1. The summed E-state index contributed by atoms with van der Waals surface area (Å²) in [6.45, 7) is -0.779. The first-order valence-electron chi connectivity index (χ1n) is 8.15. The number of carbonyl (C=O) groups excluding carboxylic acids is 1. The van der Waals surface area contributed by atoms with E-state index in [1.54, 1.807) is 0 Å². The molecule has 4 nitrogen and oxygen atoms in total. The third kappa shape index (κ3) is 3.22. The van der Waals surface area contributed by atoms with Crippen LogP contribution in [0.2, 0.25) is 0 Å². The van der Waals surface area contributed by atoms with Crippen LogP contribution < -0.4 is 5.32 Å². The number of alkyl halides is 3. The molecule has 0 aromatic heterocycles. The number of nitrogens with one attached hydrogen (secondary N) is 1. The van der Waals surface area contributed by atoms with Crippen molar-refractivity contribution in [1.82, 2.24) is 10.2 Å². The van der Waals surface area contributed by atoms with E-state index in [0.717, 1.165) is 36.1 Å². The van der Waals surface area contributed by atoms with Gasteiger partial charge in [-0.05, 0) is 48.3 Å². The molecule has 0 saturated carbocycles. The molecule has 0 spiro atoms. The van der Waals surface area contributed by atoms with Crippen molar-refractivity contribution in [1.29, 1.82) is 0 Å². The first kappa shape index (κ1) is 17.1. The molecule has 3 rings (SSSR count). The van der Waals surface area contributed by atoms with E-state index in [0.29, 0.717) is 5.92 Å². The molecule has 0 radical (unpaired) electrons. The Labute approximate surface area is 138 Å². The number of aryl methyl sites for hydroxylation is 1. The first-order valence-corrected chi connectivity index (χ1v) is 8.15. The molecule has 3 atom stereocenters. The van der Waals surface area contributed by atoms with Gasteiger partial charge in [0.25, 0.3) is 0 Å². The molecule has 132 valence electrons. The predicted octanol–water partition coefficient (Wildman–Crippen LogP) is 3.12. The normalized spacial score (nSPS) is 23.5. The van der Waals surface area contributed by atoms with E-state index in [-0.39, 0.29) is 6.04 Å². The van der Waals surface area contributed by atoms with Gasteiger partial charge in [-0.2, -0.15) is 13.2 Å². The van der Waals surface area contributed by atoms with E-state index in [1.807, 2.05) is 12.1 Å². The number of aliphatic hydroxyl groups is 1. The van der Waals surface area contributed by atoms with Crippen LogP contribution in [0.4, 0.5) is 18.0 Å². The number of likely N-dealkylation sites (N-methyl/N-ethyl adjacent to an activating group) is 1. The lowest BCUT2D eigenvalue weighted by molar-refractivity contribution is -0.205. The summed E-state index contributed by atoms with van der Waals surface area (Å²) in [5.74, 6) is 0.418. The quantitative estimate of drug-likeness (QED) is 0.887. The first-order chi connectivity index (χ1) is 11.3. The minimum absolute atomic E-state index is 0.180. The van der Waals surface area contributed by atoms with Gasteiger partial charge in [0.15, 0.2) is 6.10 Å². The van der Waals surface area contributed by atoms with Crippen molar-refractivity contribution in [3.63, 3.8) is 0 Å². The zero-order chi connectivity index (χ0) is 17.5. The molecule has 0 unspecified atom stereocenters. The van der Waals surface area contributed by atoms with Crippen LogP contribution in [0.25, 0.3) is 0 Å². The molecule has 2 aliphatic carbocycles. The standard InChI is InChI=1S/C17H21F3N2O2/c1-22(9-14(23)17(18,19)20)16(24)21-13-8-11-6-2-4-10-5-3-7-12(13)15(10)11/h3,5,7,11,13-14,23H,2,4,6,8-9H2,1H3,(H,21,24)/t11-,13-,14+/m1/s1. The number of hydrogen-bond donors (Lipinski definition) is 2. The van der Waals surface area contributed by atoms with Crippen LogP contribution >= 0.6 is 0 Å². The van der Waals surface area contributed by atoms with Crippen LogP contribution in [-0.4, -0.2) is 41.9 Å². The smallest absolute Gasteiger partial charge is 0.382 e. The Balaban J connectivity index is 1.67. The van der Waals surface area contributed by atoms with Crippen LogP contribution in [0.3, 0.4) is 0 Å². The summed E-state index contributed by atoms with van der Waals surface area (Å²) in [5, 5.41) is 11.9. The zero-order valence-electron chi connectivity index (χ0n) is 13.4. The van der Waals surface area contributed by atoms with Gasteiger partial charge in [0, 0.05) is 7.05 Å². The van der Waals surface area contributed by atoms with Crippen LogP contribution in [0.15, 0.2) is 18.2 Å². The van der Waals surface area contributed by atoms with Crippen molar-refractivity contribution in [3.05, 3.63) is 34.9 Å². The monoisotopic (exact) mass is 342 g/mol. The third-order valence-electron chi connectivity index (χ3n) is 5.00. The SMILES string of the molecule is CN(C[C@H](O)C(F)(F)F)C(=O)N[C@@H]1C[C@H]2CCCc3cccc1c32. The maximum atomic E-state index is 12.4. The van der Waals surface area contributed by atoms with E-state index >= 15 is 0 Å². The Morgan fingerprint density at radius 3 is 2.92 bits per heavy atom. The van der Waals surface area contributed by atoms with Gasteiger partial charge < -0.3 is 15.3 Å². The summed E-state index contributed by atoms with van der Waals surface area (Å²) in [4.78, 5) is 13.1. The number of hydrogen-bond acceptors (Lipinski definition) is 2. The van der Waals surface area contributed by atoms with Crippen molar-refractivity contribution in [3.8, 4) is 0 Å². The fourth-order valence-electron chi connectivity index (χ4n) is 3.82. The highest BCUT2D eigenvalue weighted by atomic mass is 19.4. The summed E-state index contributed by atoms with van der Waals surface area (Å²) in [6, 6.07) is 5.29. The summed E-state index contributed by atoms with van der Waals surface area (Å²) in [5.41, 5.74) is 3.71. The zero-order valence-corrected chi connectivity index (χ0v) is 13.4. The number of rotatable bonds is 3. The molecule has 0 bridgehead atoms. The highest BCUT2D eigenvalue weighted by Crippen LogP contribution is 2.47. The topological polar surface area (TPSA) is 52.6 Å². The molecular weight excluding hydrogens is 321 g/mol. The Morgan fingerprint density at radius 2 is 2.21 bits per heavy atom. The number of nitrogens with zero attached hydrogens (tertiary/aromatic N) is 1. The molecule has 2 aliphatic rings. The van der Waals surface area contributed by atoms with E-state index in [1.165, 1.54) is 18.2 Å². The van der Waals surface area contributed by atoms with Crippen LogP contribution in [0, 0.1) is 0 Å². The molecule has 7 heteroatoms. The molecule has 0 aliphatic heterocycles. The van der Waals surface area contributed by atoms with Gasteiger partial charge in [-0.1, -0.05) is 18.2 Å². The largest absolute Gasteiger partial charge is 0.416 e. The van der Waals surface area contributed by atoms with E-state index in [2.05, 4.69) is 11.4 Å². The van der Waals surface area contributed by atoms with Gasteiger partial charge in [0.05, 0.1) is 12.6 Å². The minimum atomic E-state index is -4.73. The molecule has 0 heterocycles. The second-order valence-electron chi connectivity index (χ2n) is 6.68. The molecule has 1 aromatic carbocycles. The second kappa shape index (κ2) is 6.27. The minimum Gasteiger partial charge on any atom is -0.382 e. The lowest BCUT2D eigenvalue weighted by Gasteiger charge is -2.25. The number of aliphatic hydroxyl groups excluding tert-OH is 1. The van der Waals surface area contributed by atoms with Crippen molar-refractivity contribution < 1.29 is 23.1 Å². The summed E-state index contributed by atoms with van der Waals surface area (Å²) < 4.78 is 37.2. The second-order valence-corrected chi connectivity index (χ2v) is 6.68. The Kier molecular flexibility index (Phi) is 4.46. The summed E-state index contributed by atoms with van der Waals surface area (Å²) in [7, 11) is 1.26. The van der Waals surface area contributed by atoms with Crippen molar-refractivity contribution in [2.75, 3.05) is 13.6 Å². The third-order valence-corrected chi connectivity index (χ3v) is 5.00. The molecule has 1 aromatic rings. The summed E-state index contributed by atoms with van der Waals surface area (Å²) in [6.07, 6.45) is -3.23. The number of halogens is 3. The average Bonchev–Trinajstić information content (AvgIpc) is 2.86. The molecule has 2 amide bonds.